The molecule has 0 bridgehead atoms. The van der Waals surface area contributed by atoms with Crippen molar-refractivity contribution in [3.8, 4) is 11.1 Å². The third kappa shape index (κ3) is 2.53. The lowest BCUT2D eigenvalue weighted by atomic mass is 10.0. The maximum Gasteiger partial charge on any atom is 0.348 e. The summed E-state index contributed by atoms with van der Waals surface area (Å²) in [6, 6.07) is 5.23. The predicted octanol–water partition coefficient (Wildman–Crippen LogP) is 4.82. The highest BCUT2D eigenvalue weighted by atomic mass is 35.5. The number of carbonyl (C=O) groups is 1. The van der Waals surface area contributed by atoms with Gasteiger partial charge in [0.1, 0.15) is 4.88 Å². The molecule has 2 aromatic rings. The summed E-state index contributed by atoms with van der Waals surface area (Å²) in [5, 5.41) is 2.99. The maximum absolute atomic E-state index is 11.7. The molecule has 2 nitrogen and oxygen atoms in total. The van der Waals surface area contributed by atoms with Crippen LogP contribution in [-0.4, -0.2) is 13.1 Å². The van der Waals surface area contributed by atoms with E-state index in [2.05, 4.69) is 0 Å². The van der Waals surface area contributed by atoms with Crippen LogP contribution in [0.25, 0.3) is 11.1 Å². The van der Waals surface area contributed by atoms with Gasteiger partial charge < -0.3 is 4.74 Å². The van der Waals surface area contributed by atoms with Gasteiger partial charge in [0, 0.05) is 15.6 Å². The van der Waals surface area contributed by atoms with Crippen LogP contribution in [0.15, 0.2) is 23.6 Å². The monoisotopic (exact) mass is 300 g/mol. The van der Waals surface area contributed by atoms with Crippen LogP contribution in [-0.2, 0) is 4.74 Å². The Bertz CT molecular complexity index is 585. The van der Waals surface area contributed by atoms with Gasteiger partial charge in [0.25, 0.3) is 0 Å². The number of hydrogen-bond donors (Lipinski definition) is 0. The summed E-state index contributed by atoms with van der Waals surface area (Å²) in [5.41, 5.74) is 2.65. The summed E-state index contributed by atoms with van der Waals surface area (Å²) in [4.78, 5) is 12.3. The third-order valence-corrected chi connectivity index (χ3v) is 4.01. The minimum Gasteiger partial charge on any atom is -0.465 e. The van der Waals surface area contributed by atoms with Gasteiger partial charge in [0.2, 0.25) is 0 Å². The van der Waals surface area contributed by atoms with Crippen LogP contribution in [0.3, 0.4) is 0 Å². The van der Waals surface area contributed by atoms with Gasteiger partial charge in [0.15, 0.2) is 0 Å². The molecule has 18 heavy (non-hydrogen) atoms. The standard InChI is InChI=1S/C13H10Cl2O2S/c1-7-6-18-12(13(16)17-2)11(7)8-3-9(14)5-10(15)4-8/h3-6H,1-2H3. The molecule has 1 aromatic carbocycles. The van der Waals surface area contributed by atoms with Gasteiger partial charge in [-0.2, -0.15) is 0 Å². The van der Waals surface area contributed by atoms with Crippen LogP contribution in [0.4, 0.5) is 0 Å². The molecule has 0 unspecified atom stereocenters. The van der Waals surface area contributed by atoms with Crippen molar-refractivity contribution in [2.24, 2.45) is 0 Å². The first kappa shape index (κ1) is 13.4. The maximum atomic E-state index is 11.7. The molecule has 0 fully saturated rings. The highest BCUT2D eigenvalue weighted by molar-refractivity contribution is 7.12. The topological polar surface area (TPSA) is 26.3 Å². The van der Waals surface area contributed by atoms with E-state index in [9.17, 15) is 4.79 Å². The van der Waals surface area contributed by atoms with Gasteiger partial charge in [-0.05, 0) is 41.6 Å². The van der Waals surface area contributed by atoms with Crippen LogP contribution >= 0.6 is 34.5 Å². The second kappa shape index (κ2) is 5.31. The predicted molar refractivity (Wildman–Crippen MR) is 75.9 cm³/mol. The van der Waals surface area contributed by atoms with E-state index in [1.807, 2.05) is 12.3 Å². The lowest BCUT2D eigenvalue weighted by Crippen LogP contribution is -2.00. The molecule has 1 aromatic heterocycles. The van der Waals surface area contributed by atoms with Gasteiger partial charge in [0.05, 0.1) is 7.11 Å². The lowest BCUT2D eigenvalue weighted by molar-refractivity contribution is 0.0607. The molecular formula is C13H10Cl2O2S. The Hall–Kier alpha value is -1.03. The van der Waals surface area contributed by atoms with Crippen molar-refractivity contribution in [3.05, 3.63) is 44.1 Å². The summed E-state index contributed by atoms with van der Waals surface area (Å²) < 4.78 is 4.78. The number of benzene rings is 1. The van der Waals surface area contributed by atoms with Crippen molar-refractivity contribution >= 4 is 40.5 Å². The zero-order valence-electron chi connectivity index (χ0n) is 9.79. The molecule has 0 amide bonds. The second-order valence-electron chi connectivity index (χ2n) is 3.77. The molecule has 2 rings (SSSR count). The Labute approximate surface area is 119 Å². The van der Waals surface area contributed by atoms with Gasteiger partial charge in [-0.3, -0.25) is 0 Å². The number of halogens is 2. The fraction of sp³-hybridized carbons (Fsp3) is 0.154. The Kier molecular flexibility index (Phi) is 3.95. The van der Waals surface area contributed by atoms with E-state index in [4.69, 9.17) is 27.9 Å². The molecule has 5 heteroatoms. The molecule has 94 valence electrons. The van der Waals surface area contributed by atoms with Crippen molar-refractivity contribution in [2.75, 3.05) is 7.11 Å². The third-order valence-electron chi connectivity index (χ3n) is 2.50. The van der Waals surface area contributed by atoms with Crippen molar-refractivity contribution in [2.45, 2.75) is 6.92 Å². The van der Waals surface area contributed by atoms with E-state index in [-0.39, 0.29) is 5.97 Å². The number of ether oxygens (including phenoxy) is 1. The van der Waals surface area contributed by atoms with Gasteiger partial charge >= 0.3 is 5.97 Å². The fourth-order valence-corrected chi connectivity index (χ4v) is 3.26. The van der Waals surface area contributed by atoms with Crippen LogP contribution in [0.5, 0.6) is 0 Å². The molecule has 0 aliphatic heterocycles. The first-order valence-corrected chi connectivity index (χ1v) is 6.79. The van der Waals surface area contributed by atoms with Crippen LogP contribution < -0.4 is 0 Å². The average molecular weight is 301 g/mol. The summed E-state index contributed by atoms with van der Waals surface area (Å²) >= 11 is 13.3. The smallest absolute Gasteiger partial charge is 0.348 e. The van der Waals surface area contributed by atoms with Crippen molar-refractivity contribution in [3.63, 3.8) is 0 Å². The lowest BCUT2D eigenvalue weighted by Gasteiger charge is -2.06. The highest BCUT2D eigenvalue weighted by Crippen LogP contribution is 2.35. The van der Waals surface area contributed by atoms with E-state index >= 15 is 0 Å². The number of methoxy groups -OCH3 is 1. The molecule has 0 saturated heterocycles. The minimum atomic E-state index is -0.348. The zero-order valence-corrected chi connectivity index (χ0v) is 12.1. The summed E-state index contributed by atoms with van der Waals surface area (Å²) in [7, 11) is 1.37. The Morgan fingerprint density at radius 3 is 2.39 bits per heavy atom. The molecule has 0 aliphatic rings. The summed E-state index contributed by atoms with van der Waals surface area (Å²) in [5.74, 6) is -0.348. The first-order chi connectivity index (χ1) is 8.52. The zero-order chi connectivity index (χ0) is 13.3. The van der Waals surface area contributed by atoms with Crippen LogP contribution in [0.2, 0.25) is 10.0 Å². The Morgan fingerprint density at radius 2 is 1.83 bits per heavy atom. The fourth-order valence-electron chi connectivity index (χ4n) is 1.74. The van der Waals surface area contributed by atoms with E-state index in [1.54, 1.807) is 18.2 Å². The summed E-state index contributed by atoms with van der Waals surface area (Å²) in [6.45, 7) is 1.94. The average Bonchev–Trinajstić information content (AvgIpc) is 2.69. The summed E-state index contributed by atoms with van der Waals surface area (Å²) in [6.07, 6.45) is 0. The first-order valence-electron chi connectivity index (χ1n) is 5.16. The van der Waals surface area contributed by atoms with Crippen molar-refractivity contribution in [1.82, 2.24) is 0 Å². The second-order valence-corrected chi connectivity index (χ2v) is 5.53. The number of thiophene rings is 1. The van der Waals surface area contributed by atoms with E-state index in [1.165, 1.54) is 18.4 Å². The minimum absolute atomic E-state index is 0.348. The normalized spacial score (nSPS) is 10.4. The molecule has 0 atom stereocenters. The van der Waals surface area contributed by atoms with E-state index in [0.717, 1.165) is 16.7 Å². The number of hydrogen-bond acceptors (Lipinski definition) is 3. The van der Waals surface area contributed by atoms with Gasteiger partial charge in [-0.1, -0.05) is 23.2 Å². The number of rotatable bonds is 2. The number of carbonyl (C=O) groups excluding carboxylic acids is 1. The van der Waals surface area contributed by atoms with Crippen molar-refractivity contribution < 1.29 is 9.53 Å². The van der Waals surface area contributed by atoms with Gasteiger partial charge in [-0.15, -0.1) is 11.3 Å². The van der Waals surface area contributed by atoms with Gasteiger partial charge in [-0.25, -0.2) is 4.79 Å². The molecule has 0 N–H and O–H groups in total. The quantitative estimate of drug-likeness (QED) is 0.744. The molecular weight excluding hydrogens is 291 g/mol. The van der Waals surface area contributed by atoms with Crippen molar-refractivity contribution in [1.29, 1.82) is 0 Å². The Morgan fingerprint density at radius 1 is 1.22 bits per heavy atom. The molecule has 1 heterocycles. The SMILES string of the molecule is COC(=O)c1scc(C)c1-c1cc(Cl)cc(Cl)c1. The molecule has 0 spiro atoms. The molecule has 0 aliphatic carbocycles. The number of esters is 1. The van der Waals surface area contributed by atoms with Crippen LogP contribution in [0, 0.1) is 6.92 Å². The number of aryl methyl sites for hydroxylation is 1. The van der Waals surface area contributed by atoms with Crippen LogP contribution in [0.1, 0.15) is 15.2 Å². The van der Waals surface area contributed by atoms with E-state index in [0.29, 0.717) is 14.9 Å². The largest absolute Gasteiger partial charge is 0.465 e. The van der Waals surface area contributed by atoms with E-state index < -0.39 is 0 Å². The Balaban J connectivity index is 2.62. The molecule has 0 saturated carbocycles. The molecule has 0 radical (unpaired) electrons. The highest BCUT2D eigenvalue weighted by Gasteiger charge is 2.18.